The van der Waals surface area contributed by atoms with E-state index in [2.05, 4.69) is 48.3 Å². The topological polar surface area (TPSA) is 87.1 Å². The van der Waals surface area contributed by atoms with Crippen molar-refractivity contribution in [2.24, 2.45) is 0 Å². The third-order valence-electron chi connectivity index (χ3n) is 7.33. The van der Waals surface area contributed by atoms with E-state index in [1.165, 1.54) is 0 Å². The summed E-state index contributed by atoms with van der Waals surface area (Å²) in [5.41, 5.74) is 6.07. The summed E-state index contributed by atoms with van der Waals surface area (Å²) in [6.45, 7) is 10.1. The molecule has 3 heterocycles. The zero-order valence-corrected chi connectivity index (χ0v) is 23.9. The van der Waals surface area contributed by atoms with Crippen LogP contribution < -0.4 is 19.7 Å². The molecule has 40 heavy (non-hydrogen) atoms. The van der Waals surface area contributed by atoms with Gasteiger partial charge in [0.05, 0.1) is 46.3 Å². The van der Waals surface area contributed by atoms with Crippen LogP contribution in [0.15, 0.2) is 48.5 Å². The first-order chi connectivity index (χ1) is 19.4. The summed E-state index contributed by atoms with van der Waals surface area (Å²) < 4.78 is 23.9. The molecule has 3 aromatic rings. The number of methoxy groups -OCH3 is 2. The van der Waals surface area contributed by atoms with E-state index in [4.69, 9.17) is 24.0 Å². The van der Waals surface area contributed by atoms with Crippen molar-refractivity contribution in [1.82, 2.24) is 9.78 Å². The van der Waals surface area contributed by atoms with Crippen LogP contribution in [0.25, 0.3) is 5.57 Å². The second-order valence-electron chi connectivity index (χ2n) is 10.2. The molecule has 0 aliphatic carbocycles. The lowest BCUT2D eigenvalue weighted by Crippen LogP contribution is -2.36. The fourth-order valence-corrected chi connectivity index (χ4v) is 5.27. The lowest BCUT2D eigenvalue weighted by molar-refractivity contribution is -0.142. The van der Waals surface area contributed by atoms with Crippen LogP contribution in [0.1, 0.15) is 49.1 Å². The predicted molar refractivity (Wildman–Crippen MR) is 156 cm³/mol. The molecule has 0 spiro atoms. The van der Waals surface area contributed by atoms with E-state index < -0.39 is 6.04 Å². The van der Waals surface area contributed by atoms with Gasteiger partial charge in [-0.3, -0.25) is 0 Å². The molecule has 2 aliphatic rings. The van der Waals surface area contributed by atoms with E-state index >= 15 is 0 Å². The molecule has 9 heteroatoms. The molecule has 1 saturated heterocycles. The van der Waals surface area contributed by atoms with Crippen molar-refractivity contribution in [3.63, 3.8) is 0 Å². The van der Waals surface area contributed by atoms with Gasteiger partial charge in [-0.1, -0.05) is 26.0 Å². The number of morpholine rings is 1. The van der Waals surface area contributed by atoms with Gasteiger partial charge in [0, 0.05) is 36.0 Å². The molecular weight excluding hydrogens is 508 g/mol. The number of carbonyl (C=O) groups is 1. The number of carbonyl (C=O) groups excluding carboxylic acids is 1. The van der Waals surface area contributed by atoms with Crippen LogP contribution in [-0.4, -0.2) is 68.9 Å². The maximum Gasteiger partial charge on any atom is 0.332 e. The Morgan fingerprint density at radius 3 is 2.50 bits per heavy atom. The van der Waals surface area contributed by atoms with Crippen LogP contribution >= 0.6 is 0 Å². The minimum absolute atomic E-state index is 0.157. The fourth-order valence-electron chi connectivity index (χ4n) is 5.27. The normalized spacial score (nSPS) is 16.7. The highest BCUT2D eigenvalue weighted by atomic mass is 16.5. The highest BCUT2D eigenvalue weighted by Crippen LogP contribution is 2.41. The van der Waals surface area contributed by atoms with Crippen molar-refractivity contribution in [3.05, 3.63) is 70.9 Å². The van der Waals surface area contributed by atoms with Gasteiger partial charge >= 0.3 is 5.97 Å². The largest absolute Gasteiger partial charge is 0.497 e. The lowest BCUT2D eigenvalue weighted by atomic mass is 9.89. The Labute approximate surface area is 235 Å². The fraction of sp³-hybridized carbons (Fsp3) is 0.419. The number of nitrogens with one attached hydrogen (secondary N) is 1. The minimum Gasteiger partial charge on any atom is -0.497 e. The first-order valence-corrected chi connectivity index (χ1v) is 13.8. The molecule has 2 aliphatic heterocycles. The number of ether oxygens (including phenoxy) is 4. The SMILES string of the molecule is CCOC(=O)C1C=C(c2ccc(N3CCOCC3)cc2)c2c(C(C)C)nn(Cc3ccc(OC)cc3OC)c2N1. The van der Waals surface area contributed by atoms with Gasteiger partial charge in [-0.15, -0.1) is 0 Å². The van der Waals surface area contributed by atoms with Gasteiger partial charge in [0.2, 0.25) is 0 Å². The summed E-state index contributed by atoms with van der Waals surface area (Å²) >= 11 is 0. The highest BCUT2D eigenvalue weighted by molar-refractivity contribution is 5.95. The summed E-state index contributed by atoms with van der Waals surface area (Å²) in [6.07, 6.45) is 1.97. The van der Waals surface area contributed by atoms with Gasteiger partial charge in [0.25, 0.3) is 0 Å². The maximum atomic E-state index is 13.0. The highest BCUT2D eigenvalue weighted by Gasteiger charge is 2.33. The van der Waals surface area contributed by atoms with Crippen molar-refractivity contribution < 1.29 is 23.7 Å². The summed E-state index contributed by atoms with van der Waals surface area (Å²) in [6, 6.07) is 13.7. The molecule has 1 N–H and O–H groups in total. The maximum absolute atomic E-state index is 13.0. The Hall–Kier alpha value is -3.98. The van der Waals surface area contributed by atoms with Crippen LogP contribution in [0, 0.1) is 0 Å². The quantitative estimate of drug-likeness (QED) is 0.387. The molecule has 0 bridgehead atoms. The molecule has 5 rings (SSSR count). The zero-order chi connectivity index (χ0) is 28.2. The standard InChI is InChI=1S/C31H38N4O5/c1-6-40-31(36)26-18-25(21-7-10-23(11-8-21)34-13-15-39-16-14-34)28-29(20(2)3)33-35(30(28)32-26)19-22-9-12-24(37-4)17-27(22)38-5/h7-12,17-18,20,26,32H,6,13-16,19H2,1-5H3. The first-order valence-electron chi connectivity index (χ1n) is 13.8. The van der Waals surface area contributed by atoms with E-state index in [1.54, 1.807) is 14.2 Å². The molecule has 2 aromatic carbocycles. The molecule has 0 amide bonds. The van der Waals surface area contributed by atoms with E-state index in [1.807, 2.05) is 35.9 Å². The van der Waals surface area contributed by atoms with E-state index in [0.29, 0.717) is 18.9 Å². The van der Waals surface area contributed by atoms with Gasteiger partial charge in [0.1, 0.15) is 23.4 Å². The third kappa shape index (κ3) is 5.51. The Kier molecular flexibility index (Phi) is 8.30. The van der Waals surface area contributed by atoms with Gasteiger partial charge in [-0.2, -0.15) is 5.10 Å². The average Bonchev–Trinajstić information content (AvgIpc) is 3.36. The number of rotatable bonds is 9. The number of hydrogen-bond acceptors (Lipinski definition) is 8. The molecule has 1 aromatic heterocycles. The number of aromatic nitrogens is 2. The van der Waals surface area contributed by atoms with Crippen molar-refractivity contribution in [2.45, 2.75) is 39.3 Å². The summed E-state index contributed by atoms with van der Waals surface area (Å²) in [5, 5.41) is 8.49. The van der Waals surface area contributed by atoms with Crippen molar-refractivity contribution in [1.29, 1.82) is 0 Å². The second kappa shape index (κ2) is 12.0. The Morgan fingerprint density at radius 2 is 1.85 bits per heavy atom. The van der Waals surface area contributed by atoms with Crippen molar-refractivity contribution in [2.75, 3.05) is 57.3 Å². The summed E-state index contributed by atoms with van der Waals surface area (Å²) in [5.74, 6) is 2.05. The van der Waals surface area contributed by atoms with Gasteiger partial charge in [0.15, 0.2) is 0 Å². The van der Waals surface area contributed by atoms with Crippen molar-refractivity contribution >= 4 is 23.0 Å². The number of benzene rings is 2. The molecule has 1 atom stereocenters. The first kappa shape index (κ1) is 27.6. The van der Waals surface area contributed by atoms with Gasteiger partial charge < -0.3 is 29.2 Å². The minimum atomic E-state index is -0.644. The molecule has 9 nitrogen and oxygen atoms in total. The van der Waals surface area contributed by atoms with E-state index in [9.17, 15) is 4.79 Å². The molecule has 1 fully saturated rings. The molecule has 0 radical (unpaired) electrons. The van der Waals surface area contributed by atoms with Crippen LogP contribution in [0.3, 0.4) is 0 Å². The van der Waals surface area contributed by atoms with Gasteiger partial charge in [-0.05, 0) is 54.3 Å². The number of esters is 1. The van der Waals surface area contributed by atoms with Gasteiger partial charge in [-0.25, -0.2) is 9.48 Å². The average molecular weight is 547 g/mol. The monoisotopic (exact) mass is 546 g/mol. The summed E-state index contributed by atoms with van der Waals surface area (Å²) in [4.78, 5) is 15.3. The molecule has 212 valence electrons. The lowest BCUT2D eigenvalue weighted by Gasteiger charge is -2.29. The molecular formula is C31H38N4O5. The van der Waals surface area contributed by atoms with Crippen molar-refractivity contribution in [3.8, 4) is 11.5 Å². The number of anilines is 2. The predicted octanol–water partition coefficient (Wildman–Crippen LogP) is 4.70. The smallest absolute Gasteiger partial charge is 0.332 e. The Morgan fingerprint density at radius 1 is 1.10 bits per heavy atom. The molecule has 0 saturated carbocycles. The van der Waals surface area contributed by atoms with E-state index in [-0.39, 0.29) is 11.9 Å². The zero-order valence-electron chi connectivity index (χ0n) is 23.9. The van der Waals surface area contributed by atoms with Crippen LogP contribution in [0.4, 0.5) is 11.5 Å². The second-order valence-corrected chi connectivity index (χ2v) is 10.2. The number of hydrogen-bond donors (Lipinski definition) is 1. The Balaban J connectivity index is 1.58. The van der Waals surface area contributed by atoms with Crippen LogP contribution in [0.5, 0.6) is 11.5 Å². The number of fused-ring (bicyclic) bond motifs is 1. The molecule has 1 unspecified atom stereocenters. The van der Waals surface area contributed by atoms with Crippen LogP contribution in [-0.2, 0) is 20.8 Å². The van der Waals surface area contributed by atoms with E-state index in [0.717, 1.165) is 71.5 Å². The van der Waals surface area contributed by atoms with Crippen LogP contribution in [0.2, 0.25) is 0 Å². The Bertz CT molecular complexity index is 1370. The third-order valence-corrected chi connectivity index (χ3v) is 7.33. The summed E-state index contributed by atoms with van der Waals surface area (Å²) in [7, 11) is 3.28. The number of nitrogens with zero attached hydrogens (tertiary/aromatic N) is 3.